The van der Waals surface area contributed by atoms with Crippen molar-refractivity contribution in [3.63, 3.8) is 0 Å². The molecule has 2 rings (SSSR count). The molecule has 0 unspecified atom stereocenters. The van der Waals surface area contributed by atoms with E-state index in [-0.39, 0.29) is 17.9 Å². The quantitative estimate of drug-likeness (QED) is 0.622. The van der Waals surface area contributed by atoms with Gasteiger partial charge in [-0.15, -0.1) is 11.3 Å². The Hall–Kier alpha value is -1.02. The summed E-state index contributed by atoms with van der Waals surface area (Å²) < 4.78 is 1.85. The topological polar surface area (TPSA) is 52.0 Å². The highest BCUT2D eigenvalue weighted by atomic mass is 127. The molecular formula is C11H9IN2O2S. The lowest BCUT2D eigenvalue weighted by molar-refractivity contribution is 0.0974. The van der Waals surface area contributed by atoms with Gasteiger partial charge in [0.15, 0.2) is 5.78 Å². The Bertz CT molecular complexity index is 618. The van der Waals surface area contributed by atoms with Crippen LogP contribution in [-0.4, -0.2) is 15.3 Å². The summed E-state index contributed by atoms with van der Waals surface area (Å²) in [5.41, 5.74) is -0.178. The molecule has 0 saturated carbocycles. The molecule has 0 amide bonds. The summed E-state index contributed by atoms with van der Waals surface area (Å²) in [7, 11) is 0. The van der Waals surface area contributed by atoms with E-state index in [9.17, 15) is 9.59 Å². The molecule has 2 aromatic rings. The van der Waals surface area contributed by atoms with Crippen LogP contribution in [0, 0.1) is 10.5 Å². The summed E-state index contributed by atoms with van der Waals surface area (Å²) in [6.45, 7) is 1.99. The Morgan fingerprint density at radius 2 is 2.29 bits per heavy atom. The van der Waals surface area contributed by atoms with Crippen LogP contribution in [0.4, 0.5) is 0 Å². The molecule has 6 heteroatoms. The molecule has 0 aromatic carbocycles. The Labute approximate surface area is 115 Å². The molecule has 0 bridgehead atoms. The van der Waals surface area contributed by atoms with Crippen LogP contribution in [0.25, 0.3) is 0 Å². The predicted molar refractivity (Wildman–Crippen MR) is 74.6 cm³/mol. The van der Waals surface area contributed by atoms with Gasteiger partial charge >= 0.3 is 0 Å². The molecular weight excluding hydrogens is 351 g/mol. The number of carbonyl (C=O) groups is 1. The van der Waals surface area contributed by atoms with Gasteiger partial charge in [0, 0.05) is 11.1 Å². The molecule has 0 atom stereocenters. The average Bonchev–Trinajstić information content (AvgIpc) is 2.72. The number of nitrogens with zero attached hydrogens (tertiary/aromatic N) is 2. The maximum Gasteiger partial charge on any atom is 0.267 e. The minimum atomic E-state index is -0.178. The summed E-state index contributed by atoms with van der Waals surface area (Å²) >= 11 is 3.35. The summed E-state index contributed by atoms with van der Waals surface area (Å²) in [5, 5.41) is 0. The van der Waals surface area contributed by atoms with Crippen molar-refractivity contribution < 1.29 is 4.79 Å². The number of aromatic nitrogens is 2. The van der Waals surface area contributed by atoms with Gasteiger partial charge in [-0.1, -0.05) is 0 Å². The summed E-state index contributed by atoms with van der Waals surface area (Å²) in [6, 6.07) is 3.68. The van der Waals surface area contributed by atoms with Crippen molar-refractivity contribution in [3.8, 4) is 0 Å². The molecule has 2 aromatic heterocycles. The van der Waals surface area contributed by atoms with Gasteiger partial charge in [0.25, 0.3) is 5.56 Å². The highest BCUT2D eigenvalue weighted by Gasteiger charge is 2.10. The molecule has 0 radical (unpaired) electrons. The molecule has 4 nitrogen and oxygen atoms in total. The third kappa shape index (κ3) is 2.81. The van der Waals surface area contributed by atoms with Gasteiger partial charge in [-0.3, -0.25) is 14.2 Å². The Morgan fingerprint density at radius 1 is 1.53 bits per heavy atom. The van der Waals surface area contributed by atoms with E-state index in [0.29, 0.717) is 8.45 Å². The van der Waals surface area contributed by atoms with Crippen molar-refractivity contribution in [2.75, 3.05) is 0 Å². The molecule has 88 valence electrons. The Balaban J connectivity index is 2.25. The van der Waals surface area contributed by atoms with Crippen molar-refractivity contribution in [1.82, 2.24) is 9.55 Å². The van der Waals surface area contributed by atoms with Crippen LogP contribution in [0.5, 0.6) is 0 Å². The van der Waals surface area contributed by atoms with E-state index in [1.807, 2.05) is 35.6 Å². The van der Waals surface area contributed by atoms with Gasteiger partial charge in [-0.25, -0.2) is 4.98 Å². The van der Waals surface area contributed by atoms with E-state index in [2.05, 4.69) is 4.98 Å². The van der Waals surface area contributed by atoms with Crippen molar-refractivity contribution in [2.45, 2.75) is 13.5 Å². The lowest BCUT2D eigenvalue weighted by Gasteiger charge is -2.02. The van der Waals surface area contributed by atoms with E-state index >= 15 is 0 Å². The molecule has 0 spiro atoms. The first-order valence-electron chi connectivity index (χ1n) is 4.87. The molecule has 2 heterocycles. The zero-order chi connectivity index (χ0) is 12.4. The Morgan fingerprint density at radius 3 is 2.94 bits per heavy atom. The van der Waals surface area contributed by atoms with Gasteiger partial charge in [-0.2, -0.15) is 0 Å². The fourth-order valence-electron chi connectivity index (χ4n) is 1.35. The Kier molecular flexibility index (Phi) is 3.72. The normalized spacial score (nSPS) is 10.5. The van der Waals surface area contributed by atoms with Crippen LogP contribution < -0.4 is 5.56 Å². The van der Waals surface area contributed by atoms with E-state index in [1.54, 1.807) is 6.07 Å². The maximum absolute atomic E-state index is 11.9. The highest BCUT2D eigenvalue weighted by molar-refractivity contribution is 14.1. The third-order valence-corrected chi connectivity index (χ3v) is 3.97. The fraction of sp³-hybridized carbons (Fsp3) is 0.182. The fourth-order valence-corrected chi connectivity index (χ4v) is 2.62. The molecule has 17 heavy (non-hydrogen) atoms. The van der Waals surface area contributed by atoms with Crippen LogP contribution in [0.3, 0.4) is 0 Å². The number of hydrogen-bond donors (Lipinski definition) is 0. The lowest BCUT2D eigenvalue weighted by atomic mass is 10.3. The van der Waals surface area contributed by atoms with Crippen LogP contribution in [0.2, 0.25) is 0 Å². The predicted octanol–water partition coefficient (Wildman–Crippen LogP) is 2.10. The third-order valence-electron chi connectivity index (χ3n) is 2.19. The molecule has 0 aliphatic heterocycles. The first-order chi connectivity index (χ1) is 8.08. The minimum Gasteiger partial charge on any atom is -0.291 e. The van der Waals surface area contributed by atoms with Gasteiger partial charge in [-0.05, 0) is 41.6 Å². The number of rotatable bonds is 3. The number of thiophene rings is 1. The van der Waals surface area contributed by atoms with Crippen LogP contribution in [0.1, 0.15) is 14.5 Å². The first kappa shape index (κ1) is 12.4. The van der Waals surface area contributed by atoms with E-state index < -0.39 is 0 Å². The van der Waals surface area contributed by atoms with Crippen LogP contribution >= 0.6 is 33.9 Å². The minimum absolute atomic E-state index is 0.0443. The van der Waals surface area contributed by atoms with Gasteiger partial charge in [0.2, 0.25) is 0 Å². The number of carbonyl (C=O) groups excluding carboxylic acids is 1. The maximum atomic E-state index is 11.9. The summed E-state index contributed by atoms with van der Waals surface area (Å²) in [5.74, 6) is -0.0611. The second-order valence-electron chi connectivity index (χ2n) is 3.51. The lowest BCUT2D eigenvalue weighted by Crippen LogP contribution is -2.25. The van der Waals surface area contributed by atoms with Crippen molar-refractivity contribution >= 4 is 39.7 Å². The van der Waals surface area contributed by atoms with Crippen molar-refractivity contribution in [2.24, 2.45) is 0 Å². The molecule has 0 N–H and O–H groups in total. The standard InChI is InChI=1S/C11H9IN2O2S/c1-7-2-3-10(17-7)9(15)5-14-6-13-4-8(12)11(14)16/h2-4,6H,5H2,1H3. The number of aryl methyl sites for hydroxylation is 1. The van der Waals surface area contributed by atoms with Crippen LogP contribution in [0.15, 0.2) is 29.5 Å². The number of ketones is 1. The van der Waals surface area contributed by atoms with Gasteiger partial charge in [0.1, 0.15) is 0 Å². The zero-order valence-corrected chi connectivity index (χ0v) is 12.0. The first-order valence-corrected chi connectivity index (χ1v) is 6.77. The molecule has 0 saturated heterocycles. The average molecular weight is 360 g/mol. The second kappa shape index (κ2) is 5.09. The summed E-state index contributed by atoms with van der Waals surface area (Å²) in [4.78, 5) is 29.3. The smallest absolute Gasteiger partial charge is 0.267 e. The zero-order valence-electron chi connectivity index (χ0n) is 9.01. The number of halogens is 1. The van der Waals surface area contributed by atoms with Gasteiger partial charge < -0.3 is 0 Å². The summed E-state index contributed by atoms with van der Waals surface area (Å²) in [6.07, 6.45) is 2.88. The molecule has 0 aliphatic rings. The largest absolute Gasteiger partial charge is 0.291 e. The van der Waals surface area contributed by atoms with Crippen molar-refractivity contribution in [1.29, 1.82) is 0 Å². The monoisotopic (exact) mass is 360 g/mol. The van der Waals surface area contributed by atoms with Gasteiger partial charge in [0.05, 0.1) is 21.3 Å². The molecule has 0 fully saturated rings. The highest BCUT2D eigenvalue weighted by Crippen LogP contribution is 2.15. The number of Topliss-reactive ketones (excluding diaryl/α,β-unsaturated/α-hetero) is 1. The SMILES string of the molecule is Cc1ccc(C(=O)Cn2cncc(I)c2=O)s1. The number of hydrogen-bond acceptors (Lipinski definition) is 4. The van der Waals surface area contributed by atoms with Crippen molar-refractivity contribution in [3.05, 3.63) is 48.3 Å². The molecule has 0 aliphatic carbocycles. The van der Waals surface area contributed by atoms with E-state index in [1.165, 1.54) is 28.4 Å². The second-order valence-corrected chi connectivity index (χ2v) is 5.96. The van der Waals surface area contributed by atoms with E-state index in [0.717, 1.165) is 4.88 Å². The van der Waals surface area contributed by atoms with E-state index in [4.69, 9.17) is 0 Å². The van der Waals surface area contributed by atoms with Crippen LogP contribution in [-0.2, 0) is 6.54 Å².